The summed E-state index contributed by atoms with van der Waals surface area (Å²) in [6, 6.07) is 14.7. The van der Waals surface area contributed by atoms with Crippen molar-refractivity contribution in [3.8, 4) is 21.0 Å². The molecular formula is C23H22F3N3O3S2. The first-order valence-corrected chi connectivity index (χ1v) is 13.0. The van der Waals surface area contributed by atoms with Gasteiger partial charge in [0.2, 0.25) is 0 Å². The predicted octanol–water partition coefficient (Wildman–Crippen LogP) is 5.43. The molecule has 0 atom stereocenters. The van der Waals surface area contributed by atoms with Crippen molar-refractivity contribution >= 4 is 21.2 Å². The molecule has 0 radical (unpaired) electrons. The van der Waals surface area contributed by atoms with E-state index < -0.39 is 21.7 Å². The monoisotopic (exact) mass is 509 g/mol. The van der Waals surface area contributed by atoms with Crippen LogP contribution in [0.25, 0.3) is 21.0 Å². The molecule has 180 valence electrons. The zero-order valence-corrected chi connectivity index (χ0v) is 20.0. The number of alkyl halides is 3. The van der Waals surface area contributed by atoms with Crippen LogP contribution in [0.1, 0.15) is 11.5 Å². The number of thiophene rings is 1. The average Bonchev–Trinajstić information content (AvgIpc) is 3.51. The van der Waals surface area contributed by atoms with Gasteiger partial charge in [-0.1, -0.05) is 12.1 Å². The summed E-state index contributed by atoms with van der Waals surface area (Å²) in [6.45, 7) is 1.23. The molecule has 1 aromatic carbocycles. The lowest BCUT2D eigenvalue weighted by Gasteiger charge is -2.16. The number of likely N-dealkylation sites (N-methyl/N-ethyl adjacent to an activating group) is 1. The van der Waals surface area contributed by atoms with Crippen molar-refractivity contribution < 1.29 is 26.0 Å². The van der Waals surface area contributed by atoms with Gasteiger partial charge in [0.05, 0.1) is 34.8 Å². The third-order valence-electron chi connectivity index (χ3n) is 5.17. The van der Waals surface area contributed by atoms with Crippen LogP contribution >= 0.6 is 11.3 Å². The summed E-state index contributed by atoms with van der Waals surface area (Å²) in [6.07, 6.45) is -1.86. The van der Waals surface area contributed by atoms with Crippen molar-refractivity contribution in [2.45, 2.75) is 24.2 Å². The van der Waals surface area contributed by atoms with Crippen LogP contribution in [-0.2, 0) is 29.1 Å². The number of halogens is 3. The van der Waals surface area contributed by atoms with E-state index in [-0.39, 0.29) is 11.4 Å². The van der Waals surface area contributed by atoms with Gasteiger partial charge in [-0.2, -0.15) is 18.3 Å². The van der Waals surface area contributed by atoms with E-state index in [1.54, 1.807) is 42.7 Å². The first-order chi connectivity index (χ1) is 16.0. The van der Waals surface area contributed by atoms with Crippen LogP contribution in [0.15, 0.2) is 70.2 Å². The molecule has 0 saturated carbocycles. The minimum atomic E-state index is -4.57. The second kappa shape index (κ2) is 9.40. The summed E-state index contributed by atoms with van der Waals surface area (Å²) in [5, 5.41) is 3.82. The molecule has 0 N–H and O–H groups in total. The molecule has 0 aliphatic carbocycles. The molecule has 3 aromatic heterocycles. The highest BCUT2D eigenvalue weighted by Crippen LogP contribution is 2.38. The van der Waals surface area contributed by atoms with E-state index in [0.29, 0.717) is 29.2 Å². The van der Waals surface area contributed by atoms with Crippen LogP contribution in [0.5, 0.6) is 0 Å². The zero-order valence-electron chi connectivity index (χ0n) is 18.4. The third kappa shape index (κ3) is 5.60. The summed E-state index contributed by atoms with van der Waals surface area (Å²) in [4.78, 5) is 3.48. The summed E-state index contributed by atoms with van der Waals surface area (Å²) in [7, 11) is -1.52. The summed E-state index contributed by atoms with van der Waals surface area (Å²) in [5.41, 5.74) is 0.0823. The minimum absolute atomic E-state index is 0.184. The second-order valence-electron chi connectivity index (χ2n) is 7.92. The number of sulfone groups is 1. The molecule has 0 unspecified atom stereocenters. The fraction of sp³-hybridized carbons (Fsp3) is 0.261. The lowest BCUT2D eigenvalue weighted by Crippen LogP contribution is -2.23. The Morgan fingerprint density at radius 1 is 1.09 bits per heavy atom. The van der Waals surface area contributed by atoms with Crippen LogP contribution in [-0.4, -0.2) is 42.9 Å². The molecule has 6 nitrogen and oxygen atoms in total. The quantitative estimate of drug-likeness (QED) is 0.317. The lowest BCUT2D eigenvalue weighted by molar-refractivity contribution is -0.141. The van der Waals surface area contributed by atoms with Crippen LogP contribution in [0.2, 0.25) is 0 Å². The predicted molar refractivity (Wildman–Crippen MR) is 124 cm³/mol. The Hall–Kier alpha value is -2.89. The Labute approximate surface area is 199 Å². The SMILES string of the molecule is CN(CCn1nc(C(F)(F)F)cc1-c1ccc(-c2cccc(S(C)(=O)=O)c2)s1)Cc1ccco1. The molecule has 0 aliphatic rings. The van der Waals surface area contributed by atoms with Crippen molar-refractivity contribution in [2.24, 2.45) is 0 Å². The van der Waals surface area contributed by atoms with E-state index in [4.69, 9.17) is 4.42 Å². The van der Waals surface area contributed by atoms with Crippen LogP contribution in [0.3, 0.4) is 0 Å². The number of nitrogens with zero attached hydrogens (tertiary/aromatic N) is 3. The van der Waals surface area contributed by atoms with E-state index in [0.717, 1.165) is 23.0 Å². The number of benzene rings is 1. The smallest absolute Gasteiger partial charge is 0.435 e. The Morgan fingerprint density at radius 3 is 2.53 bits per heavy atom. The van der Waals surface area contributed by atoms with Crippen molar-refractivity contribution in [3.63, 3.8) is 0 Å². The summed E-state index contributed by atoms with van der Waals surface area (Å²) >= 11 is 1.28. The largest absolute Gasteiger partial charge is 0.468 e. The number of aromatic nitrogens is 2. The van der Waals surface area contributed by atoms with Gasteiger partial charge in [0.1, 0.15) is 5.76 Å². The van der Waals surface area contributed by atoms with Crippen LogP contribution in [0, 0.1) is 0 Å². The highest BCUT2D eigenvalue weighted by Gasteiger charge is 2.35. The molecule has 4 rings (SSSR count). The first kappa shape index (κ1) is 24.2. The van der Waals surface area contributed by atoms with Crippen molar-refractivity contribution in [1.82, 2.24) is 14.7 Å². The maximum atomic E-state index is 13.4. The molecule has 0 amide bonds. The van der Waals surface area contributed by atoms with E-state index >= 15 is 0 Å². The van der Waals surface area contributed by atoms with E-state index in [1.807, 2.05) is 18.0 Å². The molecule has 34 heavy (non-hydrogen) atoms. The molecule has 0 spiro atoms. The minimum Gasteiger partial charge on any atom is -0.468 e. The molecule has 0 fully saturated rings. The lowest BCUT2D eigenvalue weighted by atomic mass is 10.2. The number of furan rings is 1. The average molecular weight is 510 g/mol. The third-order valence-corrected chi connectivity index (χ3v) is 7.44. The van der Waals surface area contributed by atoms with Gasteiger partial charge in [-0.05, 0) is 55.1 Å². The fourth-order valence-electron chi connectivity index (χ4n) is 3.45. The van der Waals surface area contributed by atoms with Gasteiger partial charge < -0.3 is 4.42 Å². The molecule has 0 aliphatic heterocycles. The Kier molecular flexibility index (Phi) is 6.70. The molecular weight excluding hydrogens is 487 g/mol. The van der Waals surface area contributed by atoms with Gasteiger partial charge in [0.25, 0.3) is 0 Å². The van der Waals surface area contributed by atoms with Gasteiger partial charge in [-0.3, -0.25) is 9.58 Å². The van der Waals surface area contributed by atoms with Crippen LogP contribution < -0.4 is 0 Å². The number of rotatable bonds is 8. The topological polar surface area (TPSA) is 68.3 Å². The summed E-state index contributed by atoms with van der Waals surface area (Å²) in [5.74, 6) is 0.762. The Balaban J connectivity index is 1.61. The highest BCUT2D eigenvalue weighted by atomic mass is 32.2. The van der Waals surface area contributed by atoms with E-state index in [1.165, 1.54) is 22.1 Å². The van der Waals surface area contributed by atoms with Crippen molar-refractivity contribution in [3.05, 3.63) is 72.3 Å². The van der Waals surface area contributed by atoms with Gasteiger partial charge in [-0.15, -0.1) is 11.3 Å². The molecule has 4 aromatic rings. The number of hydrogen-bond acceptors (Lipinski definition) is 6. The summed E-state index contributed by atoms with van der Waals surface area (Å²) < 4.78 is 70.7. The fourth-order valence-corrected chi connectivity index (χ4v) is 5.14. The van der Waals surface area contributed by atoms with Gasteiger partial charge >= 0.3 is 6.18 Å². The Morgan fingerprint density at radius 2 is 1.85 bits per heavy atom. The normalized spacial score (nSPS) is 12.5. The zero-order chi connectivity index (χ0) is 24.5. The second-order valence-corrected chi connectivity index (χ2v) is 11.0. The maximum absolute atomic E-state index is 13.4. The highest BCUT2D eigenvalue weighted by molar-refractivity contribution is 7.90. The Bertz CT molecular complexity index is 1370. The maximum Gasteiger partial charge on any atom is 0.435 e. The van der Waals surface area contributed by atoms with E-state index in [9.17, 15) is 21.6 Å². The van der Waals surface area contributed by atoms with Crippen molar-refractivity contribution in [2.75, 3.05) is 19.8 Å². The van der Waals surface area contributed by atoms with Crippen LogP contribution in [0.4, 0.5) is 13.2 Å². The van der Waals surface area contributed by atoms with Gasteiger partial charge in [0.15, 0.2) is 15.5 Å². The standard InChI is InChI=1S/C23H22F3N3O3S2/c1-28(15-17-6-4-12-32-17)10-11-29-19(14-22(27-29)23(24,25)26)21-9-8-20(33-21)16-5-3-7-18(13-16)34(2,30)31/h3-9,12-14H,10-11,15H2,1-2H3. The molecule has 11 heteroatoms. The van der Waals surface area contributed by atoms with Gasteiger partial charge in [0, 0.05) is 17.7 Å². The van der Waals surface area contributed by atoms with Crippen molar-refractivity contribution in [1.29, 1.82) is 0 Å². The number of hydrogen-bond donors (Lipinski definition) is 0. The van der Waals surface area contributed by atoms with E-state index in [2.05, 4.69) is 5.10 Å². The molecule has 0 bridgehead atoms. The molecule has 3 heterocycles. The van der Waals surface area contributed by atoms with Gasteiger partial charge in [-0.25, -0.2) is 8.42 Å². The molecule has 0 saturated heterocycles. The first-order valence-electron chi connectivity index (χ1n) is 10.3.